The molecule has 2 atom stereocenters. The van der Waals surface area contributed by atoms with Crippen LogP contribution in [0.4, 0.5) is 11.4 Å². The van der Waals surface area contributed by atoms with E-state index in [0.29, 0.717) is 17.2 Å². The Morgan fingerprint density at radius 3 is 2.38 bits per heavy atom. The zero-order chi connectivity index (χ0) is 15.4. The van der Waals surface area contributed by atoms with Crippen LogP contribution in [-0.4, -0.2) is 27.1 Å². The smallest absolute Gasteiger partial charge is 0.269 e. The molecule has 0 amide bonds. The van der Waals surface area contributed by atoms with E-state index in [2.05, 4.69) is 29.6 Å². The van der Waals surface area contributed by atoms with Crippen molar-refractivity contribution in [3.05, 3.63) is 34.4 Å². The van der Waals surface area contributed by atoms with Crippen LogP contribution < -0.4 is 10.7 Å². The maximum absolute atomic E-state index is 10.6. The third-order valence-electron chi connectivity index (χ3n) is 3.76. The van der Waals surface area contributed by atoms with Gasteiger partial charge in [-0.2, -0.15) is 0 Å². The highest BCUT2D eigenvalue weighted by Crippen LogP contribution is 2.20. The first-order valence-corrected chi connectivity index (χ1v) is 7.48. The first kappa shape index (κ1) is 15.7. The lowest BCUT2D eigenvalue weighted by Gasteiger charge is -2.39. The minimum absolute atomic E-state index is 0.0673. The number of thiocarbonyl (C=S) groups is 1. The summed E-state index contributed by atoms with van der Waals surface area (Å²) < 4.78 is 0. The highest BCUT2D eigenvalue weighted by molar-refractivity contribution is 7.80. The van der Waals surface area contributed by atoms with Crippen LogP contribution in [0.25, 0.3) is 0 Å². The van der Waals surface area contributed by atoms with Crippen LogP contribution in [0, 0.1) is 10.1 Å². The van der Waals surface area contributed by atoms with E-state index in [1.54, 1.807) is 12.1 Å². The van der Waals surface area contributed by atoms with Gasteiger partial charge in [0.05, 0.1) is 4.92 Å². The van der Waals surface area contributed by atoms with Gasteiger partial charge in [-0.25, -0.2) is 5.01 Å². The average Bonchev–Trinajstić information content (AvgIpc) is 2.43. The monoisotopic (exact) mass is 308 g/mol. The highest BCUT2D eigenvalue weighted by Gasteiger charge is 2.25. The molecule has 1 fully saturated rings. The Hall–Kier alpha value is -1.73. The van der Waals surface area contributed by atoms with Crippen LogP contribution in [0.3, 0.4) is 0 Å². The van der Waals surface area contributed by atoms with Crippen LogP contribution >= 0.6 is 12.2 Å². The first-order chi connectivity index (χ1) is 9.97. The molecular weight excluding hydrogens is 288 g/mol. The van der Waals surface area contributed by atoms with Gasteiger partial charge in [-0.3, -0.25) is 15.5 Å². The van der Waals surface area contributed by atoms with Crippen molar-refractivity contribution >= 4 is 28.7 Å². The molecule has 21 heavy (non-hydrogen) atoms. The maximum atomic E-state index is 10.6. The molecule has 1 heterocycles. The summed E-state index contributed by atoms with van der Waals surface area (Å²) in [6, 6.07) is 7.08. The van der Waals surface area contributed by atoms with Gasteiger partial charge in [0.25, 0.3) is 5.69 Å². The summed E-state index contributed by atoms with van der Waals surface area (Å²) in [4.78, 5) is 10.2. The van der Waals surface area contributed by atoms with E-state index in [9.17, 15) is 10.1 Å². The topological polar surface area (TPSA) is 70.4 Å². The fourth-order valence-electron chi connectivity index (χ4n) is 2.58. The average molecular weight is 308 g/mol. The van der Waals surface area contributed by atoms with Crippen molar-refractivity contribution in [3.63, 3.8) is 0 Å². The van der Waals surface area contributed by atoms with Crippen LogP contribution in [0.5, 0.6) is 0 Å². The van der Waals surface area contributed by atoms with E-state index in [4.69, 9.17) is 12.2 Å². The van der Waals surface area contributed by atoms with Gasteiger partial charge in [0.2, 0.25) is 0 Å². The highest BCUT2D eigenvalue weighted by atomic mass is 32.1. The largest absolute Gasteiger partial charge is 0.332 e. The van der Waals surface area contributed by atoms with Crippen molar-refractivity contribution in [2.75, 3.05) is 5.32 Å². The number of hydrogen-bond donors (Lipinski definition) is 2. The fourth-order valence-corrected chi connectivity index (χ4v) is 2.81. The summed E-state index contributed by atoms with van der Waals surface area (Å²) in [7, 11) is 0. The van der Waals surface area contributed by atoms with Crippen molar-refractivity contribution < 1.29 is 4.92 Å². The second-order valence-electron chi connectivity index (χ2n) is 5.41. The van der Waals surface area contributed by atoms with Crippen molar-refractivity contribution in [1.29, 1.82) is 0 Å². The molecule has 0 bridgehead atoms. The zero-order valence-electron chi connectivity index (χ0n) is 12.2. The minimum Gasteiger partial charge on any atom is -0.332 e. The van der Waals surface area contributed by atoms with Crippen molar-refractivity contribution in [3.8, 4) is 0 Å². The maximum Gasteiger partial charge on any atom is 0.269 e. The van der Waals surface area contributed by atoms with Crippen LogP contribution in [0.1, 0.15) is 33.1 Å². The number of nitro groups is 1. The van der Waals surface area contributed by atoms with E-state index in [1.807, 2.05) is 0 Å². The predicted octanol–water partition coefficient (Wildman–Crippen LogP) is 3.06. The molecular formula is C14H20N4O2S. The number of piperidine rings is 1. The molecule has 6 nitrogen and oxygen atoms in total. The number of hydrogen-bond acceptors (Lipinski definition) is 4. The number of non-ortho nitro benzene ring substituents is 1. The molecule has 0 aromatic heterocycles. The molecule has 2 N–H and O–H groups in total. The summed E-state index contributed by atoms with van der Waals surface area (Å²) in [5.74, 6) is 0. The minimum atomic E-state index is -0.419. The number of anilines is 1. The number of rotatable bonds is 3. The van der Waals surface area contributed by atoms with Gasteiger partial charge in [0, 0.05) is 29.9 Å². The lowest BCUT2D eigenvalue weighted by Crippen LogP contribution is -2.55. The van der Waals surface area contributed by atoms with Gasteiger partial charge in [-0.15, -0.1) is 0 Å². The van der Waals surface area contributed by atoms with Gasteiger partial charge >= 0.3 is 0 Å². The predicted molar refractivity (Wildman–Crippen MR) is 87.1 cm³/mol. The molecule has 114 valence electrons. The summed E-state index contributed by atoms with van der Waals surface area (Å²) >= 11 is 5.31. The van der Waals surface area contributed by atoms with E-state index in [0.717, 1.165) is 18.5 Å². The van der Waals surface area contributed by atoms with Crippen molar-refractivity contribution in [2.45, 2.75) is 45.2 Å². The second-order valence-corrected chi connectivity index (χ2v) is 5.81. The summed E-state index contributed by atoms with van der Waals surface area (Å²) in [5.41, 5.74) is 4.02. The van der Waals surface area contributed by atoms with E-state index < -0.39 is 4.92 Å². The molecule has 1 aliphatic heterocycles. The number of hydrazine groups is 1. The Bertz CT molecular complexity index is 510. The Labute approximate surface area is 129 Å². The van der Waals surface area contributed by atoms with E-state index in [-0.39, 0.29) is 5.69 Å². The molecule has 0 spiro atoms. The SMILES string of the molecule is C[C@H]1CCC[C@H](C)N1NC(=S)Nc1ccc([N+](=O)[O-])cc1. The molecule has 0 radical (unpaired) electrons. The molecule has 2 rings (SSSR count). The summed E-state index contributed by atoms with van der Waals surface area (Å²) in [6.07, 6.45) is 3.54. The van der Waals surface area contributed by atoms with Gasteiger partial charge in [-0.05, 0) is 51.0 Å². The summed E-state index contributed by atoms with van der Waals surface area (Å²) in [6.45, 7) is 4.36. The third kappa shape index (κ3) is 4.12. The van der Waals surface area contributed by atoms with Crippen LogP contribution in [-0.2, 0) is 0 Å². The third-order valence-corrected chi connectivity index (χ3v) is 3.95. The first-order valence-electron chi connectivity index (χ1n) is 7.08. The van der Waals surface area contributed by atoms with E-state index >= 15 is 0 Å². The molecule has 0 aliphatic carbocycles. The van der Waals surface area contributed by atoms with Crippen LogP contribution in [0.15, 0.2) is 24.3 Å². The Kier molecular flexibility index (Phi) is 5.08. The lowest BCUT2D eigenvalue weighted by molar-refractivity contribution is -0.384. The van der Waals surface area contributed by atoms with E-state index in [1.165, 1.54) is 18.6 Å². The van der Waals surface area contributed by atoms with Crippen molar-refractivity contribution in [1.82, 2.24) is 10.4 Å². The number of nitrogens with one attached hydrogen (secondary N) is 2. The zero-order valence-corrected chi connectivity index (χ0v) is 13.0. The molecule has 0 unspecified atom stereocenters. The van der Waals surface area contributed by atoms with Gasteiger partial charge in [-0.1, -0.05) is 6.42 Å². The Balaban J connectivity index is 1.93. The Morgan fingerprint density at radius 1 is 1.29 bits per heavy atom. The van der Waals surface area contributed by atoms with Gasteiger partial charge in [0.1, 0.15) is 0 Å². The normalized spacial score (nSPS) is 22.6. The number of nitro benzene ring substituents is 1. The molecule has 1 aromatic rings. The van der Waals surface area contributed by atoms with Gasteiger partial charge < -0.3 is 5.32 Å². The number of benzene rings is 1. The molecule has 1 saturated heterocycles. The molecule has 7 heteroatoms. The number of nitrogens with zero attached hydrogens (tertiary/aromatic N) is 2. The quantitative estimate of drug-likeness (QED) is 0.508. The molecule has 0 saturated carbocycles. The van der Waals surface area contributed by atoms with Crippen molar-refractivity contribution in [2.24, 2.45) is 0 Å². The second kappa shape index (κ2) is 6.82. The van der Waals surface area contributed by atoms with Gasteiger partial charge in [0.15, 0.2) is 5.11 Å². The Morgan fingerprint density at radius 2 is 1.86 bits per heavy atom. The molecule has 1 aliphatic rings. The van der Waals surface area contributed by atoms with Crippen LogP contribution in [0.2, 0.25) is 0 Å². The fraction of sp³-hybridized carbons (Fsp3) is 0.500. The standard InChI is InChI=1S/C14H20N4O2S/c1-10-4-3-5-11(2)17(10)16-14(21)15-12-6-8-13(9-7-12)18(19)20/h6-11H,3-5H2,1-2H3,(H2,15,16,21)/t10-,11-/m0/s1. The molecule has 1 aromatic carbocycles. The summed E-state index contributed by atoms with van der Waals surface area (Å²) in [5, 5.41) is 16.3. The lowest BCUT2D eigenvalue weighted by atomic mass is 10.00.